The van der Waals surface area contributed by atoms with Gasteiger partial charge in [0.05, 0.1) is 5.56 Å². The van der Waals surface area contributed by atoms with Crippen molar-refractivity contribution in [1.29, 1.82) is 0 Å². The van der Waals surface area contributed by atoms with Gasteiger partial charge >= 0.3 is 0 Å². The smallest absolute Gasteiger partial charge is 0.250 e. The summed E-state index contributed by atoms with van der Waals surface area (Å²) in [4.78, 5) is 20.5. The Balaban J connectivity index is 1.64. The topological polar surface area (TPSA) is 98.2 Å². The first-order chi connectivity index (χ1) is 15.7. The molecule has 0 aliphatic carbocycles. The van der Waals surface area contributed by atoms with Crippen molar-refractivity contribution in [3.8, 4) is 22.5 Å². The highest BCUT2D eigenvalue weighted by molar-refractivity contribution is 5.93. The number of hydrogen-bond acceptors (Lipinski definition) is 5. The van der Waals surface area contributed by atoms with Gasteiger partial charge in [-0.3, -0.25) is 9.78 Å². The van der Waals surface area contributed by atoms with Crippen molar-refractivity contribution in [2.75, 3.05) is 5.32 Å². The Morgan fingerprint density at radius 1 is 0.938 bits per heavy atom. The molecule has 7 nitrogen and oxygen atoms in total. The van der Waals surface area contributed by atoms with Gasteiger partial charge in [0.2, 0.25) is 5.91 Å². The van der Waals surface area contributed by atoms with Gasteiger partial charge in [-0.25, -0.2) is 9.50 Å². The molecule has 7 heteroatoms. The van der Waals surface area contributed by atoms with Crippen LogP contribution >= 0.6 is 0 Å². The first-order valence-corrected chi connectivity index (χ1v) is 10.2. The van der Waals surface area contributed by atoms with Gasteiger partial charge in [-0.2, -0.15) is 0 Å². The minimum absolute atomic E-state index is 0.308. The predicted molar refractivity (Wildman–Crippen MR) is 124 cm³/mol. The highest BCUT2D eigenvalue weighted by Crippen LogP contribution is 2.31. The monoisotopic (exact) mass is 420 g/mol. The van der Waals surface area contributed by atoms with Crippen LogP contribution in [0.25, 0.3) is 28.0 Å². The number of nitrogens with one attached hydrogen (secondary N) is 1. The number of nitrogens with two attached hydrogens (primary N) is 1. The molecule has 32 heavy (non-hydrogen) atoms. The average Bonchev–Trinajstić information content (AvgIpc) is 3.28. The van der Waals surface area contributed by atoms with Crippen molar-refractivity contribution < 1.29 is 4.79 Å². The SMILES string of the molecule is NC(=O)c1cncc(-c2nc(NCc3ccccc3)c3c(-c4ccccc4)ccn3n2)c1. The molecule has 3 heterocycles. The van der Waals surface area contributed by atoms with Crippen molar-refractivity contribution in [1.82, 2.24) is 19.6 Å². The molecule has 0 radical (unpaired) electrons. The molecular formula is C25H20N6O. The van der Waals surface area contributed by atoms with Crippen LogP contribution < -0.4 is 11.1 Å². The first kappa shape index (κ1) is 19.4. The van der Waals surface area contributed by atoms with Crippen molar-refractivity contribution in [3.63, 3.8) is 0 Å². The molecule has 5 aromatic rings. The minimum Gasteiger partial charge on any atom is -0.366 e. The third-order valence-corrected chi connectivity index (χ3v) is 5.18. The molecule has 0 saturated carbocycles. The number of aromatic nitrogens is 4. The fraction of sp³-hybridized carbons (Fsp3) is 0.0400. The Labute approximate surface area is 184 Å². The highest BCUT2D eigenvalue weighted by Gasteiger charge is 2.16. The van der Waals surface area contributed by atoms with Crippen LogP contribution in [0.3, 0.4) is 0 Å². The quantitative estimate of drug-likeness (QED) is 0.430. The Bertz CT molecular complexity index is 1400. The normalized spacial score (nSPS) is 10.9. The van der Waals surface area contributed by atoms with E-state index in [1.165, 1.54) is 6.20 Å². The maximum Gasteiger partial charge on any atom is 0.250 e. The Morgan fingerprint density at radius 3 is 2.44 bits per heavy atom. The number of primary amides is 1. The summed E-state index contributed by atoms with van der Waals surface area (Å²) in [7, 11) is 0. The van der Waals surface area contributed by atoms with E-state index in [1.807, 2.05) is 48.7 Å². The Kier molecular flexibility index (Phi) is 5.05. The molecule has 5 rings (SSSR count). The predicted octanol–water partition coefficient (Wildman–Crippen LogP) is 4.17. The van der Waals surface area contributed by atoms with Crippen LogP contribution in [0.1, 0.15) is 15.9 Å². The van der Waals surface area contributed by atoms with E-state index in [0.717, 1.165) is 22.2 Å². The summed E-state index contributed by atoms with van der Waals surface area (Å²) in [6.07, 6.45) is 4.96. The van der Waals surface area contributed by atoms with Crippen LogP contribution in [0.15, 0.2) is 91.4 Å². The van der Waals surface area contributed by atoms with E-state index in [2.05, 4.69) is 39.7 Å². The molecule has 0 spiro atoms. The summed E-state index contributed by atoms with van der Waals surface area (Å²) in [5.41, 5.74) is 10.4. The molecule has 3 N–H and O–H groups in total. The fourth-order valence-corrected chi connectivity index (χ4v) is 3.60. The first-order valence-electron chi connectivity index (χ1n) is 10.2. The molecule has 0 aliphatic rings. The third-order valence-electron chi connectivity index (χ3n) is 5.18. The van der Waals surface area contributed by atoms with Crippen LogP contribution in [0, 0.1) is 0 Å². The van der Waals surface area contributed by atoms with E-state index in [9.17, 15) is 4.79 Å². The van der Waals surface area contributed by atoms with Gasteiger partial charge in [-0.15, -0.1) is 5.10 Å². The molecular weight excluding hydrogens is 400 g/mol. The number of carbonyl (C=O) groups excluding carboxylic acids is 1. The number of nitrogens with zero attached hydrogens (tertiary/aromatic N) is 4. The van der Waals surface area contributed by atoms with Crippen molar-refractivity contribution >= 4 is 17.2 Å². The van der Waals surface area contributed by atoms with Gasteiger partial charge < -0.3 is 11.1 Å². The minimum atomic E-state index is -0.546. The maximum atomic E-state index is 11.6. The zero-order valence-electron chi connectivity index (χ0n) is 17.1. The zero-order chi connectivity index (χ0) is 21.9. The van der Waals surface area contributed by atoms with Gasteiger partial charge in [0.1, 0.15) is 5.52 Å². The molecule has 0 saturated heterocycles. The molecule has 0 aliphatic heterocycles. The second-order valence-electron chi connectivity index (χ2n) is 7.34. The van der Waals surface area contributed by atoms with E-state index >= 15 is 0 Å². The molecule has 0 fully saturated rings. The summed E-state index contributed by atoms with van der Waals surface area (Å²) < 4.78 is 1.80. The molecule has 2 aromatic carbocycles. The third kappa shape index (κ3) is 3.79. The maximum absolute atomic E-state index is 11.6. The van der Waals surface area contributed by atoms with E-state index in [4.69, 9.17) is 10.7 Å². The molecule has 0 atom stereocenters. The van der Waals surface area contributed by atoms with Gasteiger partial charge in [0.25, 0.3) is 0 Å². The number of carbonyl (C=O) groups is 1. The molecule has 3 aromatic heterocycles. The van der Waals surface area contributed by atoms with E-state index in [-0.39, 0.29) is 0 Å². The summed E-state index contributed by atoms with van der Waals surface area (Å²) in [5.74, 6) is 0.584. The molecule has 156 valence electrons. The molecule has 0 unspecified atom stereocenters. The lowest BCUT2D eigenvalue weighted by atomic mass is 10.1. The van der Waals surface area contributed by atoms with Crippen LogP contribution in [-0.4, -0.2) is 25.5 Å². The summed E-state index contributed by atoms with van der Waals surface area (Å²) >= 11 is 0. The van der Waals surface area contributed by atoms with E-state index < -0.39 is 5.91 Å². The largest absolute Gasteiger partial charge is 0.366 e. The van der Waals surface area contributed by atoms with E-state index in [0.29, 0.717) is 29.3 Å². The number of hydrogen-bond donors (Lipinski definition) is 2. The number of amides is 1. The van der Waals surface area contributed by atoms with Crippen LogP contribution in [0.4, 0.5) is 5.82 Å². The Hall–Kier alpha value is -4.52. The lowest BCUT2D eigenvalue weighted by molar-refractivity contribution is 0.1000. The lowest BCUT2D eigenvalue weighted by Crippen LogP contribution is -2.12. The average molecular weight is 420 g/mol. The summed E-state index contributed by atoms with van der Waals surface area (Å²) in [6, 6.07) is 23.9. The van der Waals surface area contributed by atoms with Gasteiger partial charge in [-0.05, 0) is 23.3 Å². The second kappa shape index (κ2) is 8.31. The summed E-state index contributed by atoms with van der Waals surface area (Å²) in [6.45, 7) is 0.603. The standard InChI is InChI=1S/C25H20N6O/c26-23(32)19-13-20(16-27-15-19)24-29-25(28-14-17-7-3-1-4-8-17)22-21(11-12-31(22)30-24)18-9-5-2-6-10-18/h1-13,15-16H,14H2,(H2,26,32)(H,28,29,30). The van der Waals surface area contributed by atoms with Gasteiger partial charge in [0.15, 0.2) is 11.6 Å². The van der Waals surface area contributed by atoms with E-state index in [1.54, 1.807) is 16.8 Å². The van der Waals surface area contributed by atoms with Crippen LogP contribution in [0.5, 0.6) is 0 Å². The number of anilines is 1. The Morgan fingerprint density at radius 2 is 1.69 bits per heavy atom. The van der Waals surface area contributed by atoms with Crippen molar-refractivity contribution in [2.24, 2.45) is 5.73 Å². The fourth-order valence-electron chi connectivity index (χ4n) is 3.60. The van der Waals surface area contributed by atoms with Gasteiger partial charge in [-0.1, -0.05) is 60.7 Å². The molecule has 0 bridgehead atoms. The van der Waals surface area contributed by atoms with Crippen molar-refractivity contribution in [2.45, 2.75) is 6.54 Å². The number of rotatable bonds is 6. The highest BCUT2D eigenvalue weighted by atomic mass is 16.1. The van der Waals surface area contributed by atoms with Crippen LogP contribution in [0.2, 0.25) is 0 Å². The van der Waals surface area contributed by atoms with Gasteiger partial charge in [0, 0.05) is 36.3 Å². The zero-order valence-corrected chi connectivity index (χ0v) is 17.1. The van der Waals surface area contributed by atoms with Crippen molar-refractivity contribution in [3.05, 3.63) is 103 Å². The number of benzene rings is 2. The second-order valence-corrected chi connectivity index (χ2v) is 7.34. The molecule has 1 amide bonds. The summed E-state index contributed by atoms with van der Waals surface area (Å²) in [5, 5.41) is 8.14. The lowest BCUT2D eigenvalue weighted by Gasteiger charge is -2.12. The number of pyridine rings is 1. The van der Waals surface area contributed by atoms with Crippen LogP contribution in [-0.2, 0) is 6.54 Å². The number of fused-ring (bicyclic) bond motifs is 1.